The molecular weight excluding hydrogens is 240 g/mol. The first-order chi connectivity index (χ1) is 9.15. The number of benzene rings is 1. The summed E-state index contributed by atoms with van der Waals surface area (Å²) in [7, 11) is 0. The summed E-state index contributed by atoms with van der Waals surface area (Å²) in [6.45, 7) is 4.26. The number of carbonyl (C=O) groups is 2. The Balaban J connectivity index is 1.85. The van der Waals surface area contributed by atoms with E-state index in [1.165, 1.54) is 31.1 Å². The van der Waals surface area contributed by atoms with Gasteiger partial charge in [0.05, 0.1) is 13.1 Å². The van der Waals surface area contributed by atoms with E-state index in [9.17, 15) is 9.59 Å². The number of anilines is 1. The van der Waals surface area contributed by atoms with Gasteiger partial charge in [0.2, 0.25) is 0 Å². The molecule has 0 radical (unpaired) electrons. The predicted octanol–water partition coefficient (Wildman–Crippen LogP) is 0.896. The number of likely N-dealkylation sites (tertiary alicyclic amines) is 1. The molecule has 0 atom stereocenters. The van der Waals surface area contributed by atoms with Crippen molar-refractivity contribution in [2.24, 2.45) is 0 Å². The third kappa shape index (κ3) is 4.17. The molecular formula is C15H21N2O2+. The average Bonchev–Trinajstić information content (AvgIpc) is 2.40. The van der Waals surface area contributed by atoms with Crippen LogP contribution in [0.3, 0.4) is 0 Å². The van der Waals surface area contributed by atoms with E-state index >= 15 is 0 Å². The SMILES string of the molecule is CC(=O)c1ccc(NC(=O)C[NH+]2CCCCC2)cc1. The van der Waals surface area contributed by atoms with Crippen LogP contribution in [-0.4, -0.2) is 31.3 Å². The number of carbonyl (C=O) groups excluding carboxylic acids is 2. The van der Waals surface area contributed by atoms with Gasteiger partial charge in [-0.15, -0.1) is 0 Å². The fourth-order valence-electron chi connectivity index (χ4n) is 2.45. The zero-order valence-electron chi connectivity index (χ0n) is 11.4. The van der Waals surface area contributed by atoms with Gasteiger partial charge in [-0.2, -0.15) is 0 Å². The fraction of sp³-hybridized carbons (Fsp3) is 0.467. The second-order valence-corrected chi connectivity index (χ2v) is 5.17. The first kappa shape index (κ1) is 13.7. The number of hydrogen-bond donors (Lipinski definition) is 2. The van der Waals surface area contributed by atoms with Gasteiger partial charge in [0.15, 0.2) is 12.3 Å². The molecule has 1 heterocycles. The van der Waals surface area contributed by atoms with Crippen LogP contribution in [-0.2, 0) is 4.79 Å². The Morgan fingerprint density at radius 1 is 1.11 bits per heavy atom. The van der Waals surface area contributed by atoms with E-state index in [1.54, 1.807) is 24.3 Å². The minimum Gasteiger partial charge on any atom is -0.327 e. The van der Waals surface area contributed by atoms with Crippen molar-refractivity contribution in [1.82, 2.24) is 0 Å². The number of hydrogen-bond acceptors (Lipinski definition) is 2. The van der Waals surface area contributed by atoms with Gasteiger partial charge in [-0.05, 0) is 50.5 Å². The lowest BCUT2D eigenvalue weighted by molar-refractivity contribution is -0.896. The first-order valence-electron chi connectivity index (χ1n) is 6.89. The second-order valence-electron chi connectivity index (χ2n) is 5.17. The Morgan fingerprint density at radius 3 is 2.32 bits per heavy atom. The lowest BCUT2D eigenvalue weighted by Crippen LogP contribution is -3.13. The number of rotatable bonds is 4. The van der Waals surface area contributed by atoms with Crippen LogP contribution in [0, 0.1) is 0 Å². The highest BCUT2D eigenvalue weighted by Crippen LogP contribution is 2.09. The highest BCUT2D eigenvalue weighted by molar-refractivity contribution is 5.95. The van der Waals surface area contributed by atoms with Gasteiger partial charge in [0.25, 0.3) is 5.91 Å². The maximum Gasteiger partial charge on any atom is 0.279 e. The molecule has 1 aliphatic heterocycles. The van der Waals surface area contributed by atoms with E-state index in [2.05, 4.69) is 5.32 Å². The predicted molar refractivity (Wildman–Crippen MR) is 74.5 cm³/mol. The standard InChI is InChI=1S/C15H20N2O2/c1-12(18)13-5-7-14(8-6-13)16-15(19)11-17-9-3-2-4-10-17/h5-8H,2-4,9-11H2,1H3,(H,16,19)/p+1. The van der Waals surface area contributed by atoms with E-state index in [1.807, 2.05) is 0 Å². The van der Waals surface area contributed by atoms with E-state index in [4.69, 9.17) is 0 Å². The van der Waals surface area contributed by atoms with E-state index in [0.717, 1.165) is 18.8 Å². The van der Waals surface area contributed by atoms with Gasteiger partial charge in [-0.1, -0.05) is 0 Å². The number of ketones is 1. The highest BCUT2D eigenvalue weighted by Gasteiger charge is 2.17. The molecule has 1 amide bonds. The van der Waals surface area contributed by atoms with Gasteiger partial charge in [-0.3, -0.25) is 9.59 Å². The van der Waals surface area contributed by atoms with Crippen molar-refractivity contribution in [3.63, 3.8) is 0 Å². The fourth-order valence-corrected chi connectivity index (χ4v) is 2.45. The van der Waals surface area contributed by atoms with Crippen LogP contribution in [0.5, 0.6) is 0 Å². The maximum atomic E-state index is 11.9. The molecule has 0 spiro atoms. The highest BCUT2D eigenvalue weighted by atomic mass is 16.2. The minimum atomic E-state index is 0.0376. The van der Waals surface area contributed by atoms with Crippen LogP contribution >= 0.6 is 0 Å². The van der Waals surface area contributed by atoms with Crippen molar-refractivity contribution in [1.29, 1.82) is 0 Å². The zero-order chi connectivity index (χ0) is 13.7. The molecule has 2 rings (SSSR count). The number of quaternary nitrogens is 1. The molecule has 102 valence electrons. The van der Waals surface area contributed by atoms with Gasteiger partial charge in [-0.25, -0.2) is 0 Å². The van der Waals surface area contributed by atoms with Crippen LogP contribution in [0.25, 0.3) is 0 Å². The molecule has 4 nitrogen and oxygen atoms in total. The molecule has 4 heteroatoms. The number of nitrogens with one attached hydrogen (secondary N) is 2. The molecule has 0 aromatic heterocycles. The lowest BCUT2D eigenvalue weighted by Gasteiger charge is -2.22. The molecule has 0 saturated carbocycles. The number of piperidine rings is 1. The molecule has 0 unspecified atom stereocenters. The van der Waals surface area contributed by atoms with Crippen LogP contribution < -0.4 is 10.2 Å². The molecule has 1 saturated heterocycles. The average molecular weight is 261 g/mol. The molecule has 2 N–H and O–H groups in total. The maximum absolute atomic E-state index is 11.9. The summed E-state index contributed by atoms with van der Waals surface area (Å²) in [5.74, 6) is 0.0862. The Bertz CT molecular complexity index is 448. The largest absolute Gasteiger partial charge is 0.327 e. The summed E-state index contributed by atoms with van der Waals surface area (Å²) in [5.41, 5.74) is 1.42. The molecule has 0 aliphatic carbocycles. The van der Waals surface area contributed by atoms with Crippen molar-refractivity contribution < 1.29 is 14.5 Å². The number of amides is 1. The Morgan fingerprint density at radius 2 is 1.74 bits per heavy atom. The zero-order valence-corrected chi connectivity index (χ0v) is 11.4. The van der Waals surface area contributed by atoms with E-state index in [-0.39, 0.29) is 11.7 Å². The Hall–Kier alpha value is -1.68. The van der Waals surface area contributed by atoms with Crippen molar-refractivity contribution in [2.75, 3.05) is 25.0 Å². The van der Waals surface area contributed by atoms with Gasteiger partial charge >= 0.3 is 0 Å². The summed E-state index contributed by atoms with van der Waals surface area (Å²) >= 11 is 0. The summed E-state index contributed by atoms with van der Waals surface area (Å²) in [5, 5.41) is 2.88. The lowest BCUT2D eigenvalue weighted by atomic mass is 10.1. The monoisotopic (exact) mass is 261 g/mol. The molecule has 1 fully saturated rings. The summed E-state index contributed by atoms with van der Waals surface area (Å²) in [4.78, 5) is 24.4. The van der Waals surface area contributed by atoms with E-state index in [0.29, 0.717) is 12.1 Å². The van der Waals surface area contributed by atoms with Crippen LogP contribution in [0.1, 0.15) is 36.5 Å². The first-order valence-corrected chi connectivity index (χ1v) is 6.89. The van der Waals surface area contributed by atoms with Crippen molar-refractivity contribution >= 4 is 17.4 Å². The van der Waals surface area contributed by atoms with Gasteiger partial charge < -0.3 is 10.2 Å². The molecule has 1 aromatic carbocycles. The topological polar surface area (TPSA) is 50.6 Å². The van der Waals surface area contributed by atoms with E-state index < -0.39 is 0 Å². The molecule has 0 bridgehead atoms. The minimum absolute atomic E-state index is 0.0376. The Kier molecular flexibility index (Phi) is 4.68. The molecule has 19 heavy (non-hydrogen) atoms. The van der Waals surface area contributed by atoms with Crippen molar-refractivity contribution in [3.8, 4) is 0 Å². The van der Waals surface area contributed by atoms with Crippen molar-refractivity contribution in [3.05, 3.63) is 29.8 Å². The second kappa shape index (κ2) is 6.48. The van der Waals surface area contributed by atoms with Gasteiger partial charge in [0, 0.05) is 11.3 Å². The van der Waals surface area contributed by atoms with Gasteiger partial charge in [0.1, 0.15) is 0 Å². The van der Waals surface area contributed by atoms with Crippen LogP contribution in [0.15, 0.2) is 24.3 Å². The quantitative estimate of drug-likeness (QED) is 0.791. The normalized spacial score (nSPS) is 16.1. The Labute approximate surface area is 113 Å². The van der Waals surface area contributed by atoms with Crippen LogP contribution in [0.2, 0.25) is 0 Å². The smallest absolute Gasteiger partial charge is 0.279 e. The number of Topliss-reactive ketones (excluding diaryl/α,β-unsaturated/α-hetero) is 1. The summed E-state index contributed by atoms with van der Waals surface area (Å²) in [6.07, 6.45) is 3.73. The third-order valence-electron chi connectivity index (χ3n) is 3.55. The molecule has 1 aliphatic rings. The molecule has 1 aromatic rings. The summed E-state index contributed by atoms with van der Waals surface area (Å²) in [6, 6.07) is 7.04. The summed E-state index contributed by atoms with van der Waals surface area (Å²) < 4.78 is 0. The van der Waals surface area contributed by atoms with Crippen molar-refractivity contribution in [2.45, 2.75) is 26.2 Å². The van der Waals surface area contributed by atoms with Crippen LogP contribution in [0.4, 0.5) is 5.69 Å². The third-order valence-corrected chi connectivity index (χ3v) is 3.55.